The van der Waals surface area contributed by atoms with Crippen molar-refractivity contribution in [2.24, 2.45) is 0 Å². The molecule has 0 fully saturated rings. The Kier molecular flexibility index (Phi) is 6.05. The Morgan fingerprint density at radius 1 is 0.667 bits per heavy atom. The number of alkyl halides is 6. The van der Waals surface area contributed by atoms with E-state index in [-0.39, 0.29) is 17.1 Å². The molecule has 0 aromatic rings. The smallest absolute Gasteiger partial charge is 0.171 e. The van der Waals surface area contributed by atoms with Crippen LogP contribution in [0, 0.1) is 0 Å². The molecule has 7 heteroatoms. The van der Waals surface area contributed by atoms with Crippen LogP contribution in [-0.4, -0.2) is 12.4 Å². The summed E-state index contributed by atoms with van der Waals surface area (Å²) in [5, 5.41) is 0. The molecule has 0 saturated carbocycles. The van der Waals surface area contributed by atoms with Gasteiger partial charge in [0.25, 0.3) is 0 Å². The normalized spacial score (nSPS) is 12.5. The SMILES string of the molecule is FC(F)(F)CCCC(F)(F)F.[Cu]. The molecule has 1 radical (unpaired) electrons. The summed E-state index contributed by atoms with van der Waals surface area (Å²) in [6.45, 7) is 0. The van der Waals surface area contributed by atoms with E-state index in [1.807, 2.05) is 0 Å². The van der Waals surface area contributed by atoms with E-state index in [0.717, 1.165) is 0 Å². The fourth-order valence-electron chi connectivity index (χ4n) is 0.489. The van der Waals surface area contributed by atoms with Crippen LogP contribution in [0.2, 0.25) is 0 Å². The minimum absolute atomic E-state index is 0. The third-order valence-corrected chi connectivity index (χ3v) is 0.921. The summed E-state index contributed by atoms with van der Waals surface area (Å²) in [7, 11) is 0. The van der Waals surface area contributed by atoms with Gasteiger partial charge in [-0.25, -0.2) is 0 Å². The van der Waals surface area contributed by atoms with Crippen molar-refractivity contribution in [3.05, 3.63) is 0 Å². The molecule has 0 aliphatic carbocycles. The molecule has 12 heavy (non-hydrogen) atoms. The molecule has 0 unspecified atom stereocenters. The Bertz CT molecular complexity index is 100. The van der Waals surface area contributed by atoms with Crippen LogP contribution >= 0.6 is 0 Å². The van der Waals surface area contributed by atoms with Crippen LogP contribution in [0.4, 0.5) is 26.3 Å². The molecular weight excluding hydrogens is 238 g/mol. The van der Waals surface area contributed by atoms with Crippen molar-refractivity contribution in [2.75, 3.05) is 0 Å². The molecule has 0 bridgehead atoms. The van der Waals surface area contributed by atoms with E-state index in [9.17, 15) is 26.3 Å². The summed E-state index contributed by atoms with van der Waals surface area (Å²) in [5.41, 5.74) is 0. The van der Waals surface area contributed by atoms with Gasteiger partial charge in [0.05, 0.1) is 0 Å². The molecule has 0 amide bonds. The average molecular weight is 244 g/mol. The van der Waals surface area contributed by atoms with E-state index < -0.39 is 31.6 Å². The second kappa shape index (κ2) is 4.97. The fraction of sp³-hybridized carbons (Fsp3) is 1.00. The first-order valence-electron chi connectivity index (χ1n) is 2.84. The van der Waals surface area contributed by atoms with Crippen molar-refractivity contribution in [1.82, 2.24) is 0 Å². The van der Waals surface area contributed by atoms with Crippen LogP contribution in [0.1, 0.15) is 19.3 Å². The first-order chi connectivity index (χ1) is 4.71. The maximum absolute atomic E-state index is 11.3. The van der Waals surface area contributed by atoms with Crippen LogP contribution in [0.3, 0.4) is 0 Å². The van der Waals surface area contributed by atoms with E-state index in [0.29, 0.717) is 0 Å². The van der Waals surface area contributed by atoms with Crippen LogP contribution in [0.25, 0.3) is 0 Å². The first kappa shape index (κ1) is 14.6. The molecule has 0 aliphatic rings. The third kappa shape index (κ3) is 12.7. The number of hydrogen-bond donors (Lipinski definition) is 0. The molecule has 79 valence electrons. The zero-order chi connectivity index (χ0) is 9.12. The minimum Gasteiger partial charge on any atom is -0.171 e. The Balaban J connectivity index is 0. The van der Waals surface area contributed by atoms with Gasteiger partial charge in [-0.05, 0) is 6.42 Å². The third-order valence-electron chi connectivity index (χ3n) is 0.921. The molecule has 0 aromatic carbocycles. The van der Waals surface area contributed by atoms with Crippen molar-refractivity contribution >= 4 is 0 Å². The summed E-state index contributed by atoms with van der Waals surface area (Å²) in [6, 6.07) is 0. The van der Waals surface area contributed by atoms with Crippen molar-refractivity contribution in [3.8, 4) is 0 Å². The average Bonchev–Trinajstić information content (AvgIpc) is 1.55. The van der Waals surface area contributed by atoms with E-state index in [1.54, 1.807) is 0 Å². The van der Waals surface area contributed by atoms with Gasteiger partial charge in [0, 0.05) is 29.9 Å². The summed E-state index contributed by atoms with van der Waals surface area (Å²) in [6.07, 6.45) is -12.6. The number of rotatable bonds is 2. The molecule has 0 atom stereocenters. The molecule has 0 heterocycles. The molecule has 0 spiro atoms. The quantitative estimate of drug-likeness (QED) is 0.516. The minimum atomic E-state index is -4.48. The van der Waals surface area contributed by atoms with Gasteiger partial charge in [0.2, 0.25) is 0 Å². The topological polar surface area (TPSA) is 0 Å². The van der Waals surface area contributed by atoms with Gasteiger partial charge in [0.15, 0.2) is 0 Å². The molecule has 0 aliphatic heterocycles. The maximum Gasteiger partial charge on any atom is 0.389 e. The van der Waals surface area contributed by atoms with Crippen LogP contribution in [-0.2, 0) is 17.1 Å². The predicted octanol–water partition coefficient (Wildman–Crippen LogP) is 3.28. The molecule has 0 aromatic heterocycles. The monoisotopic (exact) mass is 243 g/mol. The van der Waals surface area contributed by atoms with Crippen LogP contribution in [0.5, 0.6) is 0 Å². The van der Waals surface area contributed by atoms with Crippen LogP contribution < -0.4 is 0 Å². The zero-order valence-corrected chi connectivity index (χ0v) is 6.63. The second-order valence-corrected chi connectivity index (χ2v) is 2.08. The maximum atomic E-state index is 11.3. The molecule has 0 rings (SSSR count). The van der Waals surface area contributed by atoms with Gasteiger partial charge < -0.3 is 0 Å². The number of hydrogen-bond acceptors (Lipinski definition) is 0. The van der Waals surface area contributed by atoms with Gasteiger partial charge >= 0.3 is 12.4 Å². The summed E-state index contributed by atoms with van der Waals surface area (Å²) < 4.78 is 67.6. The largest absolute Gasteiger partial charge is 0.389 e. The van der Waals surface area contributed by atoms with Gasteiger partial charge in [-0.3, -0.25) is 0 Å². The number of halogens is 6. The standard InChI is InChI=1S/C5H6F6.Cu/c6-4(7,8)2-1-3-5(9,10)11;/h1-3H2;. The Morgan fingerprint density at radius 3 is 1.08 bits per heavy atom. The molecule has 0 N–H and O–H groups in total. The van der Waals surface area contributed by atoms with Crippen LogP contribution in [0.15, 0.2) is 0 Å². The van der Waals surface area contributed by atoms with Crippen molar-refractivity contribution in [2.45, 2.75) is 31.6 Å². The molecular formula is C5H6CuF6. The van der Waals surface area contributed by atoms with Crippen molar-refractivity contribution in [3.63, 3.8) is 0 Å². The van der Waals surface area contributed by atoms with Gasteiger partial charge in [-0.15, -0.1) is 0 Å². The summed E-state index contributed by atoms with van der Waals surface area (Å²) in [4.78, 5) is 0. The first-order valence-corrected chi connectivity index (χ1v) is 2.84. The van der Waals surface area contributed by atoms with Crippen molar-refractivity contribution < 1.29 is 43.4 Å². The van der Waals surface area contributed by atoms with Gasteiger partial charge in [-0.1, -0.05) is 0 Å². The van der Waals surface area contributed by atoms with E-state index >= 15 is 0 Å². The molecule has 0 saturated heterocycles. The van der Waals surface area contributed by atoms with E-state index in [1.165, 1.54) is 0 Å². The Hall–Kier alpha value is 0.0995. The molecule has 0 nitrogen and oxygen atoms in total. The van der Waals surface area contributed by atoms with E-state index in [2.05, 4.69) is 0 Å². The Labute approximate surface area is 75.8 Å². The van der Waals surface area contributed by atoms with Gasteiger partial charge in [0.1, 0.15) is 0 Å². The predicted molar refractivity (Wildman–Crippen MR) is 26.0 cm³/mol. The fourth-order valence-corrected chi connectivity index (χ4v) is 0.489. The summed E-state index contributed by atoms with van der Waals surface area (Å²) in [5.74, 6) is 0. The summed E-state index contributed by atoms with van der Waals surface area (Å²) >= 11 is 0. The van der Waals surface area contributed by atoms with Gasteiger partial charge in [-0.2, -0.15) is 26.3 Å². The second-order valence-electron chi connectivity index (χ2n) is 2.08. The zero-order valence-electron chi connectivity index (χ0n) is 5.69. The van der Waals surface area contributed by atoms with E-state index in [4.69, 9.17) is 0 Å². The van der Waals surface area contributed by atoms with Crippen molar-refractivity contribution in [1.29, 1.82) is 0 Å². The Morgan fingerprint density at radius 2 is 0.917 bits per heavy atom.